The molecule has 110 valence electrons. The van der Waals surface area contributed by atoms with Crippen molar-refractivity contribution in [2.24, 2.45) is 0 Å². The summed E-state index contributed by atoms with van der Waals surface area (Å²) in [6, 6.07) is 3.80. The summed E-state index contributed by atoms with van der Waals surface area (Å²) in [4.78, 5) is 14.5. The predicted octanol–water partition coefficient (Wildman–Crippen LogP) is 3.48. The summed E-state index contributed by atoms with van der Waals surface area (Å²) in [5.41, 5.74) is -0.248. The maximum atomic E-state index is 13.1. The van der Waals surface area contributed by atoms with Gasteiger partial charge in [0.05, 0.1) is 11.8 Å². The lowest BCUT2D eigenvalue weighted by molar-refractivity contribution is -0.274. The third-order valence-electron chi connectivity index (χ3n) is 2.43. The molecule has 21 heavy (non-hydrogen) atoms. The van der Waals surface area contributed by atoms with Crippen molar-refractivity contribution >= 4 is 5.97 Å². The van der Waals surface area contributed by atoms with Gasteiger partial charge >= 0.3 is 12.3 Å². The molecule has 0 aliphatic heterocycles. The number of hydrogen-bond donors (Lipinski definition) is 1. The largest absolute Gasteiger partial charge is 0.573 e. The lowest BCUT2D eigenvalue weighted by Crippen LogP contribution is -2.17. The predicted molar refractivity (Wildman–Crippen MR) is 63.3 cm³/mol. The van der Waals surface area contributed by atoms with Crippen molar-refractivity contribution in [3.05, 3.63) is 48.0 Å². The van der Waals surface area contributed by atoms with Crippen LogP contribution in [-0.4, -0.2) is 22.4 Å². The average molecular weight is 301 g/mol. The molecule has 0 fully saturated rings. The van der Waals surface area contributed by atoms with Crippen molar-refractivity contribution in [3.8, 4) is 16.9 Å². The van der Waals surface area contributed by atoms with Crippen LogP contribution in [0.1, 0.15) is 10.4 Å². The molecule has 0 radical (unpaired) electrons. The third-order valence-corrected chi connectivity index (χ3v) is 2.43. The molecule has 0 aliphatic rings. The van der Waals surface area contributed by atoms with E-state index in [0.717, 1.165) is 30.5 Å². The number of carboxylic acid groups (broad SMARTS) is 1. The van der Waals surface area contributed by atoms with E-state index in [2.05, 4.69) is 9.72 Å². The molecule has 2 rings (SSSR count). The Kier molecular flexibility index (Phi) is 3.79. The lowest BCUT2D eigenvalue weighted by atomic mass is 10.0. The number of rotatable bonds is 3. The first-order valence-corrected chi connectivity index (χ1v) is 5.50. The molecule has 1 aromatic carbocycles. The molecule has 0 atom stereocenters. The van der Waals surface area contributed by atoms with Crippen molar-refractivity contribution in [1.29, 1.82) is 0 Å². The Balaban J connectivity index is 2.52. The molecule has 1 heterocycles. The van der Waals surface area contributed by atoms with E-state index in [1.165, 1.54) is 6.20 Å². The van der Waals surface area contributed by atoms with Crippen molar-refractivity contribution in [1.82, 2.24) is 4.98 Å². The van der Waals surface area contributed by atoms with E-state index in [9.17, 15) is 22.4 Å². The zero-order valence-corrected chi connectivity index (χ0v) is 10.2. The van der Waals surface area contributed by atoms with Crippen LogP contribution < -0.4 is 4.74 Å². The molecule has 0 amide bonds. The lowest BCUT2D eigenvalue weighted by Gasteiger charge is -2.11. The highest BCUT2D eigenvalue weighted by Crippen LogP contribution is 2.29. The number of carbonyl (C=O) groups is 1. The Hall–Kier alpha value is -2.64. The molecule has 0 unspecified atom stereocenters. The summed E-state index contributed by atoms with van der Waals surface area (Å²) in [5, 5.41) is 8.91. The summed E-state index contributed by atoms with van der Waals surface area (Å²) < 4.78 is 53.5. The Morgan fingerprint density at radius 1 is 1.10 bits per heavy atom. The number of pyridine rings is 1. The molecule has 8 heteroatoms. The first kappa shape index (κ1) is 14.8. The van der Waals surface area contributed by atoms with Crippen LogP contribution >= 0.6 is 0 Å². The highest BCUT2D eigenvalue weighted by atomic mass is 19.4. The number of alkyl halides is 3. The van der Waals surface area contributed by atoms with E-state index in [0.29, 0.717) is 0 Å². The van der Waals surface area contributed by atoms with Crippen LogP contribution in [0.15, 0.2) is 36.7 Å². The number of nitrogens with zero attached hydrogens (tertiary/aromatic N) is 1. The Bertz CT molecular complexity index is 685. The molecule has 1 N–H and O–H groups in total. The topological polar surface area (TPSA) is 59.4 Å². The first-order valence-electron chi connectivity index (χ1n) is 5.50. The number of halogens is 4. The highest BCUT2D eigenvalue weighted by molar-refractivity contribution is 5.90. The van der Waals surface area contributed by atoms with Gasteiger partial charge in [-0.3, -0.25) is 4.98 Å². The summed E-state index contributed by atoms with van der Waals surface area (Å²) in [5.74, 6) is -2.85. The Morgan fingerprint density at radius 2 is 1.81 bits per heavy atom. The number of ether oxygens (including phenoxy) is 1. The van der Waals surface area contributed by atoms with Gasteiger partial charge in [-0.15, -0.1) is 13.2 Å². The number of benzene rings is 1. The normalized spacial score (nSPS) is 11.2. The van der Waals surface area contributed by atoms with Crippen molar-refractivity contribution in [2.75, 3.05) is 0 Å². The summed E-state index contributed by atoms with van der Waals surface area (Å²) >= 11 is 0. The summed E-state index contributed by atoms with van der Waals surface area (Å²) in [6.07, 6.45) is -2.85. The van der Waals surface area contributed by atoms with Crippen LogP contribution in [0.5, 0.6) is 5.75 Å². The van der Waals surface area contributed by atoms with Crippen LogP contribution in [0.2, 0.25) is 0 Å². The molecule has 0 saturated heterocycles. The van der Waals surface area contributed by atoms with E-state index in [1.54, 1.807) is 0 Å². The second-order valence-corrected chi connectivity index (χ2v) is 3.99. The fraction of sp³-hybridized carbons (Fsp3) is 0.0769. The Morgan fingerprint density at radius 3 is 2.38 bits per heavy atom. The van der Waals surface area contributed by atoms with Crippen LogP contribution in [0, 0.1) is 5.82 Å². The SMILES string of the molecule is O=C(O)c1cc(OC(F)(F)F)cc(-c2cncc(F)c2)c1. The number of hydrogen-bond acceptors (Lipinski definition) is 3. The smallest absolute Gasteiger partial charge is 0.478 e. The van der Waals surface area contributed by atoms with Gasteiger partial charge in [0.2, 0.25) is 0 Å². The van der Waals surface area contributed by atoms with Gasteiger partial charge < -0.3 is 9.84 Å². The van der Waals surface area contributed by atoms with E-state index in [4.69, 9.17) is 5.11 Å². The summed E-state index contributed by atoms with van der Waals surface area (Å²) in [6.45, 7) is 0. The molecule has 4 nitrogen and oxygen atoms in total. The quantitative estimate of drug-likeness (QED) is 0.882. The fourth-order valence-electron chi connectivity index (χ4n) is 1.65. The second kappa shape index (κ2) is 5.39. The second-order valence-electron chi connectivity index (χ2n) is 3.99. The molecule has 0 bridgehead atoms. The standard InChI is InChI=1S/C13H7F4NO3/c14-10-2-9(5-18-6-10)7-1-8(12(19)20)4-11(3-7)21-13(15,16)17/h1-6H,(H,19,20). The average Bonchev–Trinajstić information content (AvgIpc) is 2.36. The van der Waals surface area contributed by atoms with Crippen molar-refractivity contribution in [2.45, 2.75) is 6.36 Å². The molecule has 2 aromatic rings. The van der Waals surface area contributed by atoms with E-state index in [1.807, 2.05) is 0 Å². The van der Waals surface area contributed by atoms with E-state index in [-0.39, 0.29) is 11.1 Å². The zero-order valence-electron chi connectivity index (χ0n) is 10.2. The minimum atomic E-state index is -4.96. The zero-order chi connectivity index (χ0) is 15.6. The fourth-order valence-corrected chi connectivity index (χ4v) is 1.65. The molecule has 1 aromatic heterocycles. The molecular weight excluding hydrogens is 294 g/mol. The number of carboxylic acids is 1. The number of aromatic carboxylic acids is 1. The van der Waals surface area contributed by atoms with Crippen LogP contribution in [0.25, 0.3) is 11.1 Å². The maximum absolute atomic E-state index is 13.1. The van der Waals surface area contributed by atoms with Gasteiger partial charge in [0, 0.05) is 11.8 Å². The van der Waals surface area contributed by atoms with Gasteiger partial charge in [0.25, 0.3) is 0 Å². The van der Waals surface area contributed by atoms with Gasteiger partial charge in [-0.1, -0.05) is 0 Å². The summed E-state index contributed by atoms with van der Waals surface area (Å²) in [7, 11) is 0. The number of aromatic nitrogens is 1. The van der Waals surface area contributed by atoms with Gasteiger partial charge in [0.1, 0.15) is 11.6 Å². The minimum absolute atomic E-state index is 0.0427. The van der Waals surface area contributed by atoms with E-state index >= 15 is 0 Å². The van der Waals surface area contributed by atoms with Gasteiger partial charge in [-0.2, -0.15) is 0 Å². The maximum Gasteiger partial charge on any atom is 0.573 e. The molecule has 0 saturated carbocycles. The third kappa shape index (κ3) is 3.91. The van der Waals surface area contributed by atoms with Gasteiger partial charge in [-0.05, 0) is 29.8 Å². The molecule has 0 aliphatic carbocycles. The van der Waals surface area contributed by atoms with Crippen LogP contribution in [-0.2, 0) is 0 Å². The minimum Gasteiger partial charge on any atom is -0.478 e. The van der Waals surface area contributed by atoms with Crippen molar-refractivity contribution < 1.29 is 32.2 Å². The van der Waals surface area contributed by atoms with Gasteiger partial charge in [-0.25, -0.2) is 9.18 Å². The molecule has 0 spiro atoms. The monoisotopic (exact) mass is 301 g/mol. The highest BCUT2D eigenvalue weighted by Gasteiger charge is 2.31. The Labute approximate surface area is 115 Å². The van der Waals surface area contributed by atoms with Crippen LogP contribution in [0.3, 0.4) is 0 Å². The molecular formula is C13H7F4NO3. The van der Waals surface area contributed by atoms with Crippen molar-refractivity contribution in [3.63, 3.8) is 0 Å². The van der Waals surface area contributed by atoms with E-state index < -0.39 is 29.5 Å². The van der Waals surface area contributed by atoms with Crippen LogP contribution in [0.4, 0.5) is 17.6 Å². The first-order chi connectivity index (χ1) is 9.74. The van der Waals surface area contributed by atoms with Gasteiger partial charge in [0.15, 0.2) is 0 Å².